The van der Waals surface area contributed by atoms with Crippen LogP contribution in [-0.4, -0.2) is 43.3 Å². The third kappa shape index (κ3) is 4.21. The van der Waals surface area contributed by atoms with Crippen LogP contribution in [0.2, 0.25) is 0 Å². The fourth-order valence-electron chi connectivity index (χ4n) is 3.29. The predicted octanol–water partition coefficient (Wildman–Crippen LogP) is 3.88. The average Bonchev–Trinajstić information content (AvgIpc) is 2.76. The Morgan fingerprint density at radius 2 is 1.62 bits per heavy atom. The van der Waals surface area contributed by atoms with Crippen molar-refractivity contribution in [2.45, 2.75) is 0 Å². The number of aromatic nitrogens is 2. The second kappa shape index (κ2) is 8.30. The molecule has 0 N–H and O–H groups in total. The third-order valence-electron chi connectivity index (χ3n) is 4.77. The molecular weight excluding hydrogens is 378 g/mol. The molecule has 0 bridgehead atoms. The molecule has 4 rings (SSSR count). The van der Waals surface area contributed by atoms with Gasteiger partial charge in [-0.25, -0.2) is 18.7 Å². The van der Waals surface area contributed by atoms with Crippen molar-refractivity contribution in [2.75, 3.05) is 43.1 Å². The first-order valence-corrected chi connectivity index (χ1v) is 9.22. The van der Waals surface area contributed by atoms with Crippen LogP contribution < -0.4 is 19.3 Å². The van der Waals surface area contributed by atoms with Crippen LogP contribution in [0.15, 0.2) is 54.9 Å². The van der Waals surface area contributed by atoms with Crippen molar-refractivity contribution >= 4 is 11.5 Å². The van der Waals surface area contributed by atoms with Gasteiger partial charge in [-0.2, -0.15) is 0 Å². The summed E-state index contributed by atoms with van der Waals surface area (Å²) >= 11 is 0. The molecule has 1 aromatic heterocycles. The lowest BCUT2D eigenvalue weighted by molar-refractivity contribution is 0.413. The van der Waals surface area contributed by atoms with E-state index < -0.39 is 11.6 Å². The lowest BCUT2D eigenvalue weighted by atomic mass is 10.2. The van der Waals surface area contributed by atoms with Gasteiger partial charge in [0.1, 0.15) is 23.6 Å². The number of anilines is 2. The van der Waals surface area contributed by atoms with Crippen LogP contribution in [0.4, 0.5) is 20.3 Å². The predicted molar refractivity (Wildman–Crippen MR) is 106 cm³/mol. The average molecular weight is 398 g/mol. The van der Waals surface area contributed by atoms with Crippen molar-refractivity contribution in [1.29, 1.82) is 0 Å². The topological polar surface area (TPSA) is 50.7 Å². The molecule has 0 aliphatic carbocycles. The summed E-state index contributed by atoms with van der Waals surface area (Å²) in [5.74, 6) is 0.128. The summed E-state index contributed by atoms with van der Waals surface area (Å²) in [5.41, 5.74) is 1.07. The molecule has 0 amide bonds. The molecule has 0 saturated carbocycles. The van der Waals surface area contributed by atoms with E-state index in [9.17, 15) is 8.78 Å². The van der Waals surface area contributed by atoms with Crippen molar-refractivity contribution in [3.05, 3.63) is 66.5 Å². The second-order valence-electron chi connectivity index (χ2n) is 6.54. The summed E-state index contributed by atoms with van der Waals surface area (Å²) in [6.07, 6.45) is 1.40. The number of para-hydroxylation sites is 2. The van der Waals surface area contributed by atoms with Crippen LogP contribution in [0.5, 0.6) is 17.4 Å². The molecule has 29 heavy (non-hydrogen) atoms. The minimum absolute atomic E-state index is 0.176. The minimum Gasteiger partial charge on any atom is -0.495 e. The fourth-order valence-corrected chi connectivity index (χ4v) is 3.29. The Balaban J connectivity index is 1.43. The van der Waals surface area contributed by atoms with Gasteiger partial charge in [0.15, 0.2) is 11.6 Å². The van der Waals surface area contributed by atoms with E-state index in [-0.39, 0.29) is 11.6 Å². The van der Waals surface area contributed by atoms with Crippen LogP contribution in [0, 0.1) is 11.6 Å². The van der Waals surface area contributed by atoms with Gasteiger partial charge in [0, 0.05) is 38.3 Å². The Morgan fingerprint density at radius 3 is 2.38 bits per heavy atom. The number of rotatable bonds is 5. The van der Waals surface area contributed by atoms with Crippen molar-refractivity contribution in [3.63, 3.8) is 0 Å². The maximum atomic E-state index is 13.4. The zero-order valence-corrected chi connectivity index (χ0v) is 15.9. The van der Waals surface area contributed by atoms with E-state index in [2.05, 4.69) is 19.8 Å². The fraction of sp³-hybridized carbons (Fsp3) is 0.238. The second-order valence-corrected chi connectivity index (χ2v) is 6.54. The highest BCUT2D eigenvalue weighted by Gasteiger charge is 2.21. The Labute approximate surface area is 167 Å². The number of benzene rings is 2. The first-order chi connectivity index (χ1) is 14.1. The number of hydrogen-bond acceptors (Lipinski definition) is 6. The minimum atomic E-state index is -0.968. The molecule has 0 radical (unpaired) electrons. The SMILES string of the molecule is COc1ccccc1N1CCN(c2cc(Oc3ccc(F)c(F)c3)ncn2)CC1. The lowest BCUT2D eigenvalue weighted by Crippen LogP contribution is -2.47. The highest BCUT2D eigenvalue weighted by atomic mass is 19.2. The maximum absolute atomic E-state index is 13.4. The summed E-state index contributed by atoms with van der Waals surface area (Å²) in [7, 11) is 1.67. The van der Waals surface area contributed by atoms with Crippen LogP contribution in [0.1, 0.15) is 0 Å². The Hall–Kier alpha value is -3.42. The molecule has 2 heterocycles. The lowest BCUT2D eigenvalue weighted by Gasteiger charge is -2.37. The number of halogens is 2. The van der Waals surface area contributed by atoms with E-state index in [4.69, 9.17) is 9.47 Å². The molecule has 1 saturated heterocycles. The van der Waals surface area contributed by atoms with Gasteiger partial charge in [-0.15, -0.1) is 0 Å². The molecular formula is C21H20F2N4O2. The van der Waals surface area contributed by atoms with E-state index in [0.717, 1.165) is 55.6 Å². The van der Waals surface area contributed by atoms with Gasteiger partial charge >= 0.3 is 0 Å². The van der Waals surface area contributed by atoms with Crippen molar-refractivity contribution < 1.29 is 18.3 Å². The summed E-state index contributed by atoms with van der Waals surface area (Å²) in [6.45, 7) is 3.15. The van der Waals surface area contributed by atoms with Gasteiger partial charge in [-0.3, -0.25) is 0 Å². The number of ether oxygens (including phenoxy) is 2. The van der Waals surface area contributed by atoms with E-state index in [1.165, 1.54) is 12.4 Å². The highest BCUT2D eigenvalue weighted by Crippen LogP contribution is 2.29. The molecule has 1 aliphatic heterocycles. The van der Waals surface area contributed by atoms with E-state index in [0.29, 0.717) is 0 Å². The normalized spacial score (nSPS) is 14.0. The van der Waals surface area contributed by atoms with Gasteiger partial charge < -0.3 is 19.3 Å². The van der Waals surface area contributed by atoms with Crippen molar-refractivity contribution in [3.8, 4) is 17.4 Å². The zero-order chi connectivity index (χ0) is 20.2. The Bertz CT molecular complexity index is 994. The van der Waals surface area contributed by atoms with Crippen molar-refractivity contribution in [2.24, 2.45) is 0 Å². The molecule has 0 unspecified atom stereocenters. The van der Waals surface area contributed by atoms with Gasteiger partial charge in [-0.05, 0) is 24.3 Å². The molecule has 0 atom stereocenters. The number of hydrogen-bond donors (Lipinski definition) is 0. The van der Waals surface area contributed by atoms with Crippen LogP contribution in [0.3, 0.4) is 0 Å². The smallest absolute Gasteiger partial charge is 0.224 e. The van der Waals surface area contributed by atoms with E-state index >= 15 is 0 Å². The summed E-state index contributed by atoms with van der Waals surface area (Å²) in [6, 6.07) is 13.0. The molecule has 150 valence electrons. The number of nitrogens with zero attached hydrogens (tertiary/aromatic N) is 4. The van der Waals surface area contributed by atoms with Crippen molar-refractivity contribution in [1.82, 2.24) is 9.97 Å². The molecule has 1 aliphatic rings. The monoisotopic (exact) mass is 398 g/mol. The Morgan fingerprint density at radius 1 is 0.862 bits per heavy atom. The summed E-state index contributed by atoms with van der Waals surface area (Å²) in [5, 5.41) is 0. The first-order valence-electron chi connectivity index (χ1n) is 9.22. The molecule has 3 aromatic rings. The molecule has 1 fully saturated rings. The number of piperazine rings is 1. The summed E-state index contributed by atoms with van der Waals surface area (Å²) in [4.78, 5) is 12.8. The van der Waals surface area contributed by atoms with Crippen LogP contribution >= 0.6 is 0 Å². The largest absolute Gasteiger partial charge is 0.495 e. The van der Waals surface area contributed by atoms with Gasteiger partial charge in [0.05, 0.1) is 12.8 Å². The van der Waals surface area contributed by atoms with Crippen LogP contribution in [-0.2, 0) is 0 Å². The highest BCUT2D eigenvalue weighted by molar-refractivity contribution is 5.59. The maximum Gasteiger partial charge on any atom is 0.224 e. The van der Waals surface area contributed by atoms with Gasteiger partial charge in [-0.1, -0.05) is 12.1 Å². The van der Waals surface area contributed by atoms with E-state index in [1.807, 2.05) is 24.3 Å². The molecule has 2 aromatic carbocycles. The quantitative estimate of drug-likeness (QED) is 0.650. The van der Waals surface area contributed by atoms with Gasteiger partial charge in [0.25, 0.3) is 0 Å². The third-order valence-corrected chi connectivity index (χ3v) is 4.77. The summed E-state index contributed by atoms with van der Waals surface area (Å²) < 4.78 is 37.5. The molecule has 0 spiro atoms. The van der Waals surface area contributed by atoms with Gasteiger partial charge in [0.2, 0.25) is 5.88 Å². The number of methoxy groups -OCH3 is 1. The Kier molecular flexibility index (Phi) is 5.41. The zero-order valence-electron chi connectivity index (χ0n) is 15.9. The van der Waals surface area contributed by atoms with Crippen LogP contribution in [0.25, 0.3) is 0 Å². The molecule has 6 nitrogen and oxygen atoms in total. The first kappa shape index (κ1) is 18.9. The van der Waals surface area contributed by atoms with E-state index in [1.54, 1.807) is 13.2 Å². The molecule has 8 heteroatoms. The standard InChI is InChI=1S/C21H20F2N4O2/c1-28-19-5-3-2-4-18(19)26-8-10-27(11-9-26)20-13-21(25-14-24-20)29-15-6-7-16(22)17(23)12-15/h2-7,12-14H,8-11H2,1H3.